The van der Waals surface area contributed by atoms with Crippen LogP contribution in [0.2, 0.25) is 0 Å². The zero-order chi connectivity index (χ0) is 12.5. The van der Waals surface area contributed by atoms with E-state index in [1.54, 1.807) is 20.8 Å². The van der Waals surface area contributed by atoms with Crippen LogP contribution in [-0.4, -0.2) is 20.5 Å². The number of ether oxygens (including phenoxy) is 1. The Bertz CT molecular complexity index is 502. The van der Waals surface area contributed by atoms with Crippen LogP contribution in [0.5, 0.6) is 0 Å². The quantitative estimate of drug-likeness (QED) is 0.631. The Kier molecular flexibility index (Phi) is 3.98. The zero-order valence-corrected chi connectivity index (χ0v) is 11.4. The molecule has 0 N–H and O–H groups in total. The van der Waals surface area contributed by atoms with Gasteiger partial charge in [0.1, 0.15) is 4.90 Å². The third-order valence-electron chi connectivity index (χ3n) is 1.72. The summed E-state index contributed by atoms with van der Waals surface area (Å²) >= 11 is 1.15. The number of rotatable bonds is 3. The maximum Gasteiger partial charge on any atom is 0.340 e. The van der Waals surface area contributed by atoms with Crippen molar-refractivity contribution in [2.45, 2.75) is 31.8 Å². The van der Waals surface area contributed by atoms with Gasteiger partial charge in [0, 0.05) is 20.9 Å². The number of aryl methyl sites for hydroxylation is 1. The minimum absolute atomic E-state index is 0.00574. The van der Waals surface area contributed by atoms with Crippen LogP contribution in [0, 0.1) is 6.92 Å². The Labute approximate surface area is 103 Å². The fourth-order valence-electron chi connectivity index (χ4n) is 1.17. The summed E-state index contributed by atoms with van der Waals surface area (Å²) in [7, 11) is 1.34. The number of carbonyl (C=O) groups is 1. The van der Waals surface area contributed by atoms with Crippen molar-refractivity contribution in [2.24, 2.45) is 0 Å². The molecule has 0 atom stereocenters. The van der Waals surface area contributed by atoms with Crippen LogP contribution in [-0.2, 0) is 13.8 Å². The molecule has 0 spiro atoms. The Balaban J connectivity index is 3.22. The molecular formula is C9H11ClO4S2. The van der Waals surface area contributed by atoms with Crippen LogP contribution < -0.4 is 0 Å². The molecule has 0 saturated carbocycles. The molecule has 0 aliphatic rings. The molecular weight excluding hydrogens is 272 g/mol. The summed E-state index contributed by atoms with van der Waals surface area (Å²) in [5.41, 5.74) is 0.00574. The van der Waals surface area contributed by atoms with E-state index in [0.717, 1.165) is 11.3 Å². The van der Waals surface area contributed by atoms with Crippen molar-refractivity contribution in [2.75, 3.05) is 0 Å². The summed E-state index contributed by atoms with van der Waals surface area (Å²) in [4.78, 5) is 11.9. The maximum absolute atomic E-state index is 11.6. The summed E-state index contributed by atoms with van der Waals surface area (Å²) in [6, 6.07) is 0. The Morgan fingerprint density at radius 1 is 1.50 bits per heavy atom. The van der Waals surface area contributed by atoms with Gasteiger partial charge >= 0.3 is 5.97 Å². The first-order chi connectivity index (χ1) is 7.23. The van der Waals surface area contributed by atoms with Crippen LogP contribution in [0.15, 0.2) is 10.3 Å². The monoisotopic (exact) mass is 282 g/mol. The molecule has 1 aromatic rings. The van der Waals surface area contributed by atoms with E-state index >= 15 is 0 Å². The van der Waals surface area contributed by atoms with E-state index in [1.165, 1.54) is 5.38 Å². The van der Waals surface area contributed by atoms with Crippen LogP contribution in [0.4, 0.5) is 0 Å². The molecule has 0 amide bonds. The van der Waals surface area contributed by atoms with Crippen LogP contribution >= 0.6 is 22.0 Å². The molecule has 0 aromatic carbocycles. The Morgan fingerprint density at radius 2 is 2.06 bits per heavy atom. The number of hydrogen-bond acceptors (Lipinski definition) is 5. The minimum Gasteiger partial charge on any atom is -0.459 e. The molecule has 4 nitrogen and oxygen atoms in total. The van der Waals surface area contributed by atoms with Crippen LogP contribution in [0.3, 0.4) is 0 Å². The zero-order valence-electron chi connectivity index (χ0n) is 8.98. The third kappa shape index (κ3) is 2.96. The molecule has 0 saturated heterocycles. The van der Waals surface area contributed by atoms with Gasteiger partial charge in [0.05, 0.1) is 11.7 Å². The molecule has 0 unspecified atom stereocenters. The molecule has 16 heavy (non-hydrogen) atoms. The number of thiophene rings is 1. The van der Waals surface area contributed by atoms with Gasteiger partial charge in [-0.1, -0.05) is 0 Å². The van der Waals surface area contributed by atoms with Gasteiger partial charge in [-0.2, -0.15) is 0 Å². The van der Waals surface area contributed by atoms with E-state index in [4.69, 9.17) is 15.4 Å². The largest absolute Gasteiger partial charge is 0.459 e. The summed E-state index contributed by atoms with van der Waals surface area (Å²) < 4.78 is 27.5. The smallest absolute Gasteiger partial charge is 0.340 e. The van der Waals surface area contributed by atoms with E-state index < -0.39 is 15.0 Å². The summed E-state index contributed by atoms with van der Waals surface area (Å²) in [5, 5.41) is 1.44. The van der Waals surface area contributed by atoms with Crippen molar-refractivity contribution in [3.8, 4) is 0 Å². The number of esters is 1. The van der Waals surface area contributed by atoms with Gasteiger partial charge < -0.3 is 4.74 Å². The van der Waals surface area contributed by atoms with Gasteiger partial charge in [-0.3, -0.25) is 0 Å². The highest BCUT2D eigenvalue weighted by Crippen LogP contribution is 2.30. The van der Waals surface area contributed by atoms with Crippen LogP contribution in [0.1, 0.15) is 29.1 Å². The SMILES string of the molecule is Cc1scc(C(=O)OC(C)C)c1S(=O)(=O)Cl. The first-order valence-electron chi connectivity index (χ1n) is 4.47. The summed E-state index contributed by atoms with van der Waals surface area (Å²) in [6.45, 7) is 4.96. The molecule has 1 heterocycles. The lowest BCUT2D eigenvalue weighted by Crippen LogP contribution is -2.13. The second kappa shape index (κ2) is 4.73. The fourth-order valence-corrected chi connectivity index (χ4v) is 3.92. The van der Waals surface area contributed by atoms with Crippen molar-refractivity contribution in [1.29, 1.82) is 0 Å². The molecule has 0 bridgehead atoms. The lowest BCUT2D eigenvalue weighted by Gasteiger charge is -2.07. The molecule has 0 fully saturated rings. The normalized spacial score (nSPS) is 11.8. The highest BCUT2D eigenvalue weighted by molar-refractivity contribution is 8.14. The van der Waals surface area contributed by atoms with E-state index in [-0.39, 0.29) is 16.6 Å². The van der Waals surface area contributed by atoms with Gasteiger partial charge in [-0.15, -0.1) is 11.3 Å². The molecule has 1 rings (SSSR count). The Hall–Kier alpha value is -0.590. The topological polar surface area (TPSA) is 60.4 Å². The Morgan fingerprint density at radius 3 is 2.50 bits per heavy atom. The van der Waals surface area contributed by atoms with Gasteiger partial charge in [0.2, 0.25) is 0 Å². The second-order valence-corrected chi connectivity index (χ2v) is 7.01. The minimum atomic E-state index is -3.92. The fraction of sp³-hybridized carbons (Fsp3) is 0.444. The maximum atomic E-state index is 11.6. The van der Waals surface area contributed by atoms with Crippen molar-refractivity contribution in [3.05, 3.63) is 15.8 Å². The molecule has 0 radical (unpaired) electrons. The predicted molar refractivity (Wildman–Crippen MR) is 62.6 cm³/mol. The first-order valence-corrected chi connectivity index (χ1v) is 7.66. The van der Waals surface area contributed by atoms with Gasteiger partial charge in [0.15, 0.2) is 0 Å². The third-order valence-corrected chi connectivity index (χ3v) is 4.24. The van der Waals surface area contributed by atoms with Crippen molar-refractivity contribution in [1.82, 2.24) is 0 Å². The summed E-state index contributed by atoms with van der Waals surface area (Å²) in [5.74, 6) is -0.668. The summed E-state index contributed by atoms with van der Waals surface area (Å²) in [6.07, 6.45) is -0.307. The highest BCUT2D eigenvalue weighted by atomic mass is 35.7. The molecule has 0 aliphatic heterocycles. The molecule has 90 valence electrons. The average molecular weight is 283 g/mol. The lowest BCUT2D eigenvalue weighted by atomic mass is 10.3. The van der Waals surface area contributed by atoms with Gasteiger partial charge in [-0.05, 0) is 20.8 Å². The van der Waals surface area contributed by atoms with Gasteiger partial charge in [-0.25, -0.2) is 13.2 Å². The van der Waals surface area contributed by atoms with E-state index in [9.17, 15) is 13.2 Å². The first kappa shape index (κ1) is 13.5. The molecule has 1 aromatic heterocycles. The van der Waals surface area contributed by atoms with E-state index in [2.05, 4.69) is 0 Å². The lowest BCUT2D eigenvalue weighted by molar-refractivity contribution is 0.0374. The second-order valence-electron chi connectivity index (χ2n) is 3.43. The highest BCUT2D eigenvalue weighted by Gasteiger charge is 2.26. The molecule has 7 heteroatoms. The van der Waals surface area contributed by atoms with Gasteiger partial charge in [0.25, 0.3) is 9.05 Å². The number of carbonyl (C=O) groups excluding carboxylic acids is 1. The number of halogens is 1. The van der Waals surface area contributed by atoms with Crippen LogP contribution in [0.25, 0.3) is 0 Å². The van der Waals surface area contributed by atoms with Crippen molar-refractivity contribution >= 4 is 37.0 Å². The number of hydrogen-bond donors (Lipinski definition) is 0. The van der Waals surface area contributed by atoms with Crippen molar-refractivity contribution in [3.63, 3.8) is 0 Å². The predicted octanol–water partition coefficient (Wildman–Crippen LogP) is 2.55. The van der Waals surface area contributed by atoms with E-state index in [0.29, 0.717) is 4.88 Å². The average Bonchev–Trinajstić information content (AvgIpc) is 2.44. The standard InChI is InChI=1S/C9H11ClO4S2/c1-5(2)14-9(11)7-4-15-6(3)8(7)16(10,12)13/h4-5H,1-3H3. The molecule has 0 aliphatic carbocycles. The van der Waals surface area contributed by atoms with Crippen molar-refractivity contribution < 1.29 is 17.9 Å². The van der Waals surface area contributed by atoms with E-state index in [1.807, 2.05) is 0 Å².